The van der Waals surface area contributed by atoms with Gasteiger partial charge in [0.2, 0.25) is 0 Å². The first-order valence-corrected chi connectivity index (χ1v) is 38.3. The van der Waals surface area contributed by atoms with Crippen LogP contribution in [-0.4, -0.2) is 196 Å². The number of likely N-dealkylation sites (tertiary alicyclic amines) is 2. The fraction of sp³-hybridized carbons (Fsp3) is 0.500. The van der Waals surface area contributed by atoms with Crippen molar-refractivity contribution >= 4 is 35.4 Å². The van der Waals surface area contributed by atoms with Gasteiger partial charge >= 0.3 is 0 Å². The lowest BCUT2D eigenvalue weighted by atomic mass is 10.0. The standard InChI is InChI=1S/C20H30N2O2.C18H26N2O2.C13H17NO2.C12H15NO2.C11H13NO2.C10H11NO2/c1-2-22-14-6-8-17-16-18(9-10-19(17)20(22)23)24-15-7-13-21-11-4-3-5-12-21;21-18-17-8-7-16(14-15(17)6-4-9-19-18)22-13-5-12-20-10-2-1-3-11-20;1-3-14-8-4-5-10-9-11(16-2)6-7-12(10)13(14)15;1-2-13-7-3-4-9-8-10(14)5-6-11(9)12(13)15;1-14-9-4-5-10-8(7-9)3-2-6-12-11(10)13;12-8-3-4-9-7(6-8)2-1-5-11-10(9)13/h9-10,16H,2-8,11-15H2,1H3;7-8,14H,1-6,9-13H2,(H,19,21);6-7,9H,3-5,8H2,1-2H3;5-6,8,14H,2-4,7H2,1H3;4-5,7H,2-3,6H2,1H3,(H,12,13);3-4,6,12H,1-2,5H2,(H,11,13). The van der Waals surface area contributed by atoms with E-state index < -0.39 is 0 Å². The quantitative estimate of drug-likeness (QED) is 0.0602. The summed E-state index contributed by atoms with van der Waals surface area (Å²) in [5.41, 5.74) is 11.1. The van der Waals surface area contributed by atoms with Crippen LogP contribution in [0.25, 0.3) is 0 Å². The van der Waals surface area contributed by atoms with Crippen molar-refractivity contribution in [3.05, 3.63) is 176 Å². The molecule has 0 aromatic heterocycles. The Labute approximate surface area is 616 Å². The number of nitrogens with zero attached hydrogens (tertiary/aromatic N) is 5. The van der Waals surface area contributed by atoms with E-state index in [9.17, 15) is 39.0 Å². The fourth-order valence-corrected chi connectivity index (χ4v) is 14.6. The summed E-state index contributed by atoms with van der Waals surface area (Å²) in [4.78, 5) is 82.3. The van der Waals surface area contributed by atoms with Crippen molar-refractivity contribution in [2.75, 3.05) is 126 Å². The van der Waals surface area contributed by atoms with Gasteiger partial charge < -0.3 is 69.6 Å². The molecule has 2 fully saturated rings. The van der Waals surface area contributed by atoms with E-state index in [-0.39, 0.29) is 46.9 Å². The molecule has 0 saturated carbocycles. The van der Waals surface area contributed by atoms with E-state index in [0.29, 0.717) is 12.1 Å². The summed E-state index contributed by atoms with van der Waals surface area (Å²) in [6.45, 7) is 21.9. The molecule has 20 nitrogen and oxygen atoms in total. The van der Waals surface area contributed by atoms with E-state index in [1.807, 2.05) is 102 Å². The Hall–Kier alpha value is -9.14. The Morgan fingerprint density at radius 1 is 0.337 bits per heavy atom. The largest absolute Gasteiger partial charge is 0.508 e. The molecule has 8 heterocycles. The molecule has 560 valence electrons. The fourth-order valence-electron chi connectivity index (χ4n) is 14.6. The summed E-state index contributed by atoms with van der Waals surface area (Å²) in [5.74, 6) is 4.37. The molecule has 104 heavy (non-hydrogen) atoms. The average molecular weight is 1430 g/mol. The number of ether oxygens (including phenoxy) is 4. The zero-order valence-corrected chi connectivity index (χ0v) is 62.3. The number of phenolic OH excluding ortho intramolecular Hbond substituents is 2. The van der Waals surface area contributed by atoms with Gasteiger partial charge in [-0.3, -0.25) is 28.8 Å². The summed E-state index contributed by atoms with van der Waals surface area (Å²) < 4.78 is 22.1. The predicted molar refractivity (Wildman–Crippen MR) is 408 cm³/mol. The highest BCUT2D eigenvalue weighted by Gasteiger charge is 2.26. The highest BCUT2D eigenvalue weighted by Crippen LogP contribution is 2.29. The molecule has 20 heteroatoms. The number of fused-ring (bicyclic) bond motifs is 6. The van der Waals surface area contributed by atoms with Crippen LogP contribution in [0.5, 0.6) is 34.5 Å². The number of aromatic hydroxyl groups is 2. The topological polar surface area (TPSA) is 232 Å². The number of amides is 6. The van der Waals surface area contributed by atoms with Crippen LogP contribution in [0.1, 0.15) is 206 Å². The molecule has 0 spiro atoms. The normalized spacial score (nSPS) is 17.2. The number of hydrogen-bond acceptors (Lipinski definition) is 14. The van der Waals surface area contributed by atoms with Gasteiger partial charge in [0.15, 0.2) is 0 Å². The van der Waals surface area contributed by atoms with Crippen molar-refractivity contribution in [2.24, 2.45) is 0 Å². The number of nitrogens with one attached hydrogen (secondary N) is 3. The molecule has 5 N–H and O–H groups in total. The van der Waals surface area contributed by atoms with Crippen LogP contribution < -0.4 is 34.9 Å². The molecule has 6 aromatic rings. The summed E-state index contributed by atoms with van der Waals surface area (Å²) >= 11 is 0. The predicted octanol–water partition coefficient (Wildman–Crippen LogP) is 12.3. The van der Waals surface area contributed by atoms with Crippen molar-refractivity contribution in [3.63, 3.8) is 0 Å². The van der Waals surface area contributed by atoms with Crippen LogP contribution in [0.4, 0.5) is 0 Å². The molecule has 8 aliphatic heterocycles. The van der Waals surface area contributed by atoms with Gasteiger partial charge in [-0.05, 0) is 305 Å². The van der Waals surface area contributed by atoms with E-state index in [2.05, 4.69) is 31.8 Å². The molecule has 0 radical (unpaired) electrons. The highest BCUT2D eigenvalue weighted by molar-refractivity contribution is 5.99. The molecular formula is C84H112N8O12. The van der Waals surface area contributed by atoms with Crippen LogP contribution in [0.2, 0.25) is 0 Å². The molecule has 0 aliphatic carbocycles. The first-order valence-electron chi connectivity index (χ1n) is 38.3. The van der Waals surface area contributed by atoms with Crippen LogP contribution in [-0.2, 0) is 38.5 Å². The van der Waals surface area contributed by atoms with Crippen molar-refractivity contribution in [3.8, 4) is 34.5 Å². The number of piperidine rings is 2. The van der Waals surface area contributed by atoms with Gasteiger partial charge in [0.25, 0.3) is 35.4 Å². The van der Waals surface area contributed by atoms with Gasteiger partial charge in [0, 0.05) is 105 Å². The van der Waals surface area contributed by atoms with Gasteiger partial charge in [-0.15, -0.1) is 0 Å². The lowest BCUT2D eigenvalue weighted by Crippen LogP contribution is -2.31. The van der Waals surface area contributed by atoms with Crippen LogP contribution in [0, 0.1) is 0 Å². The maximum absolute atomic E-state index is 12.5. The van der Waals surface area contributed by atoms with Gasteiger partial charge in [-0.1, -0.05) is 12.8 Å². The number of methoxy groups -OCH3 is 2. The number of benzene rings is 6. The first kappa shape index (κ1) is 79.0. The molecular weight excluding hydrogens is 1310 g/mol. The third kappa shape index (κ3) is 23.2. The number of carbonyl (C=O) groups is 6. The van der Waals surface area contributed by atoms with Gasteiger partial charge in [-0.2, -0.15) is 0 Å². The lowest BCUT2D eigenvalue weighted by Gasteiger charge is -2.26. The summed E-state index contributed by atoms with van der Waals surface area (Å²) in [5, 5.41) is 27.2. The zero-order chi connectivity index (χ0) is 73.6. The zero-order valence-electron chi connectivity index (χ0n) is 62.3. The van der Waals surface area contributed by atoms with Crippen molar-refractivity contribution in [1.29, 1.82) is 0 Å². The third-order valence-electron chi connectivity index (χ3n) is 20.4. The van der Waals surface area contributed by atoms with Crippen LogP contribution in [0.3, 0.4) is 0 Å². The van der Waals surface area contributed by atoms with E-state index in [0.717, 1.165) is 253 Å². The van der Waals surface area contributed by atoms with Crippen LogP contribution in [0.15, 0.2) is 109 Å². The molecule has 2 saturated heterocycles. The van der Waals surface area contributed by atoms with E-state index in [1.54, 1.807) is 50.6 Å². The summed E-state index contributed by atoms with van der Waals surface area (Å²) in [6.07, 6.45) is 21.7. The number of aryl methyl sites for hydroxylation is 6. The minimum atomic E-state index is -0.0347. The molecule has 0 atom stereocenters. The second kappa shape index (κ2) is 41.4. The Bertz CT molecular complexity index is 3810. The molecule has 6 aromatic carbocycles. The SMILES string of the molecule is CCN1CCCc2cc(O)ccc2C1=O.CCN1CCCc2cc(OC)ccc2C1=O.CCN1CCCc2cc(OCCCN3CCCCC3)ccc2C1=O.COc1ccc2c(c1)CCCNC2=O.O=C1NCCCc2cc(O)ccc21.O=C1NCCCc2cc(OCCCN3CCCCC3)ccc21. The molecule has 0 unspecified atom stereocenters. The maximum atomic E-state index is 12.5. The number of carbonyl (C=O) groups excluding carboxylic acids is 6. The number of rotatable bonds is 15. The maximum Gasteiger partial charge on any atom is 0.254 e. The summed E-state index contributed by atoms with van der Waals surface area (Å²) in [7, 11) is 3.29. The number of phenols is 2. The monoisotopic (exact) mass is 1420 g/mol. The van der Waals surface area contributed by atoms with Crippen molar-refractivity contribution in [2.45, 2.75) is 149 Å². The highest BCUT2D eigenvalue weighted by atomic mass is 16.5. The molecule has 8 aliphatic rings. The van der Waals surface area contributed by atoms with Crippen LogP contribution >= 0.6 is 0 Å². The Balaban J connectivity index is 0.000000147. The Morgan fingerprint density at radius 3 is 0.981 bits per heavy atom. The second-order valence-corrected chi connectivity index (χ2v) is 27.6. The number of hydrogen-bond donors (Lipinski definition) is 5. The Kier molecular flexibility index (Phi) is 31.4. The van der Waals surface area contributed by atoms with Crippen molar-refractivity contribution in [1.82, 2.24) is 40.4 Å². The van der Waals surface area contributed by atoms with Gasteiger partial charge in [0.1, 0.15) is 34.5 Å². The summed E-state index contributed by atoms with van der Waals surface area (Å²) in [6, 6.07) is 33.0. The molecule has 6 amide bonds. The second-order valence-electron chi connectivity index (χ2n) is 27.6. The van der Waals surface area contributed by atoms with Gasteiger partial charge in [0.05, 0.1) is 27.4 Å². The van der Waals surface area contributed by atoms with Gasteiger partial charge in [-0.25, -0.2) is 0 Å². The smallest absolute Gasteiger partial charge is 0.254 e. The molecule has 14 rings (SSSR count). The minimum absolute atomic E-state index is 0.0279. The average Bonchev–Trinajstić information content (AvgIpc) is 1.62. The minimum Gasteiger partial charge on any atom is -0.508 e. The van der Waals surface area contributed by atoms with Crippen molar-refractivity contribution < 1.29 is 57.9 Å². The lowest BCUT2D eigenvalue weighted by molar-refractivity contribution is 0.0762. The van der Waals surface area contributed by atoms with E-state index in [4.69, 9.17) is 18.9 Å². The van der Waals surface area contributed by atoms with E-state index in [1.165, 1.54) is 64.7 Å². The van der Waals surface area contributed by atoms with E-state index >= 15 is 0 Å². The third-order valence-corrected chi connectivity index (χ3v) is 20.4. The Morgan fingerprint density at radius 2 is 0.625 bits per heavy atom. The first-order chi connectivity index (χ1) is 50.7. The molecule has 0 bridgehead atoms.